The molecule has 0 spiro atoms. The number of carbonyl (C=O) groups excluding carboxylic acids is 1. The van der Waals surface area contributed by atoms with Gasteiger partial charge in [0, 0.05) is 5.56 Å². The summed E-state index contributed by atoms with van der Waals surface area (Å²) in [5, 5.41) is 0. The van der Waals surface area contributed by atoms with Crippen LogP contribution in [0.1, 0.15) is 100 Å². The van der Waals surface area contributed by atoms with Gasteiger partial charge in [-0.2, -0.15) is 4.89 Å². The van der Waals surface area contributed by atoms with E-state index in [1.807, 2.05) is 30.3 Å². The van der Waals surface area contributed by atoms with Gasteiger partial charge in [-0.1, -0.05) is 120 Å². The zero-order valence-corrected chi connectivity index (χ0v) is 23.4. The van der Waals surface area contributed by atoms with Crippen LogP contribution in [-0.2, 0) is 16.2 Å². The zero-order chi connectivity index (χ0) is 27.9. The van der Waals surface area contributed by atoms with Crippen LogP contribution in [0, 0.1) is 11.6 Å². The number of benzene rings is 3. The Kier molecular flexibility index (Phi) is 13.1. The van der Waals surface area contributed by atoms with E-state index in [1.54, 1.807) is 18.2 Å². The lowest BCUT2D eigenvalue weighted by Gasteiger charge is -2.15. The maximum atomic E-state index is 16.0. The van der Waals surface area contributed by atoms with Crippen LogP contribution >= 0.6 is 0 Å². The number of hydrogen-bond acceptors (Lipinski definition) is 3. The molecule has 0 fully saturated rings. The van der Waals surface area contributed by atoms with E-state index in [-0.39, 0.29) is 23.6 Å². The fourth-order valence-electron chi connectivity index (χ4n) is 4.78. The largest absolute Gasteiger partial charge is 0.376 e. The molecule has 0 saturated heterocycles. The molecule has 3 nitrogen and oxygen atoms in total. The summed E-state index contributed by atoms with van der Waals surface area (Å²) >= 11 is 0. The molecule has 0 amide bonds. The van der Waals surface area contributed by atoms with E-state index >= 15 is 8.78 Å². The van der Waals surface area contributed by atoms with Gasteiger partial charge in [0.2, 0.25) is 0 Å². The minimum absolute atomic E-state index is 0.167. The molecule has 3 aromatic rings. The molecule has 0 aliphatic rings. The Morgan fingerprint density at radius 1 is 0.718 bits per heavy atom. The maximum Gasteiger partial charge on any atom is 0.376 e. The molecule has 3 rings (SSSR count). The van der Waals surface area contributed by atoms with E-state index in [1.165, 1.54) is 37.8 Å². The summed E-state index contributed by atoms with van der Waals surface area (Å²) in [6.07, 6.45) is 12.6. The van der Waals surface area contributed by atoms with Crippen molar-refractivity contribution in [2.45, 2.75) is 90.9 Å². The van der Waals surface area contributed by atoms with Crippen molar-refractivity contribution in [1.82, 2.24) is 0 Å². The Bertz CT molecular complexity index is 1160. The van der Waals surface area contributed by atoms with Gasteiger partial charge in [-0.05, 0) is 53.6 Å². The van der Waals surface area contributed by atoms with Crippen molar-refractivity contribution in [2.24, 2.45) is 0 Å². The molecule has 0 N–H and O–H groups in total. The minimum atomic E-state index is -0.900. The standard InChI is InChI=1S/C34H42F2O3/c1-3-5-7-9-11-16-24-38-39-34(37)30-23-22-29(26-17-14-12-15-18-26)32(33(30)36)28-21-20-27(31(35)25-28)19-13-10-8-6-4-2/h12,14-15,17-18,20-23,25H,3-11,13,16,19,24H2,1-2H3. The summed E-state index contributed by atoms with van der Waals surface area (Å²) in [6, 6.07) is 17.2. The van der Waals surface area contributed by atoms with Gasteiger partial charge in [-0.25, -0.2) is 13.6 Å². The van der Waals surface area contributed by atoms with Crippen molar-refractivity contribution >= 4 is 5.97 Å². The summed E-state index contributed by atoms with van der Waals surface area (Å²) in [5.41, 5.74) is 2.26. The van der Waals surface area contributed by atoms with E-state index in [2.05, 4.69) is 13.8 Å². The van der Waals surface area contributed by atoms with Gasteiger partial charge in [0.25, 0.3) is 0 Å². The molecule has 0 aliphatic carbocycles. The van der Waals surface area contributed by atoms with Crippen LogP contribution in [0.2, 0.25) is 0 Å². The van der Waals surface area contributed by atoms with Crippen molar-refractivity contribution < 1.29 is 23.4 Å². The molecule has 0 saturated carbocycles. The minimum Gasteiger partial charge on any atom is -0.293 e. The lowest BCUT2D eigenvalue weighted by Crippen LogP contribution is -2.10. The highest BCUT2D eigenvalue weighted by molar-refractivity contribution is 5.95. The first-order valence-corrected chi connectivity index (χ1v) is 14.6. The SMILES string of the molecule is CCCCCCCCOOC(=O)c1ccc(-c2ccccc2)c(-c2ccc(CCCCCCC)c(F)c2)c1F. The van der Waals surface area contributed by atoms with Crippen LogP contribution in [0.3, 0.4) is 0 Å². The van der Waals surface area contributed by atoms with Gasteiger partial charge in [-0.15, -0.1) is 0 Å². The maximum absolute atomic E-state index is 16.0. The van der Waals surface area contributed by atoms with Crippen molar-refractivity contribution in [3.8, 4) is 22.3 Å². The van der Waals surface area contributed by atoms with Gasteiger partial charge < -0.3 is 0 Å². The Balaban J connectivity index is 1.78. The topological polar surface area (TPSA) is 35.5 Å². The van der Waals surface area contributed by atoms with Crippen molar-refractivity contribution in [1.29, 1.82) is 0 Å². The number of aryl methyl sites for hydroxylation is 1. The molecule has 210 valence electrons. The number of hydrogen-bond donors (Lipinski definition) is 0. The lowest BCUT2D eigenvalue weighted by molar-refractivity contribution is -0.241. The highest BCUT2D eigenvalue weighted by Crippen LogP contribution is 2.37. The monoisotopic (exact) mass is 536 g/mol. The molecular formula is C34H42F2O3. The van der Waals surface area contributed by atoms with Crippen LogP contribution in [-0.4, -0.2) is 12.6 Å². The second-order valence-electron chi connectivity index (χ2n) is 10.1. The molecule has 39 heavy (non-hydrogen) atoms. The third-order valence-electron chi connectivity index (χ3n) is 7.05. The second-order valence-corrected chi connectivity index (χ2v) is 10.1. The summed E-state index contributed by atoms with van der Waals surface area (Å²) in [4.78, 5) is 22.8. The third-order valence-corrected chi connectivity index (χ3v) is 7.05. The molecule has 0 bridgehead atoms. The van der Waals surface area contributed by atoms with Crippen molar-refractivity contribution in [2.75, 3.05) is 6.61 Å². The smallest absolute Gasteiger partial charge is 0.293 e. The fraction of sp³-hybridized carbons (Fsp3) is 0.441. The van der Waals surface area contributed by atoms with Crippen LogP contribution in [0.25, 0.3) is 22.3 Å². The fourth-order valence-corrected chi connectivity index (χ4v) is 4.78. The number of rotatable bonds is 17. The van der Waals surface area contributed by atoms with Gasteiger partial charge in [-0.3, -0.25) is 4.89 Å². The highest BCUT2D eigenvalue weighted by atomic mass is 19.1. The molecule has 0 radical (unpaired) electrons. The van der Waals surface area contributed by atoms with Gasteiger partial charge in [0.15, 0.2) is 0 Å². The number of carbonyl (C=O) groups is 1. The molecule has 0 unspecified atom stereocenters. The molecule has 0 heterocycles. The van der Waals surface area contributed by atoms with E-state index in [4.69, 9.17) is 9.78 Å². The van der Waals surface area contributed by atoms with Crippen LogP contribution in [0.4, 0.5) is 8.78 Å². The van der Waals surface area contributed by atoms with E-state index in [9.17, 15) is 4.79 Å². The zero-order valence-electron chi connectivity index (χ0n) is 23.4. The molecule has 0 aromatic heterocycles. The predicted octanol–water partition coefficient (Wildman–Crippen LogP) is 10.3. The summed E-state index contributed by atoms with van der Waals surface area (Å²) in [7, 11) is 0. The Hall–Kier alpha value is -3.05. The lowest BCUT2D eigenvalue weighted by atomic mass is 9.91. The van der Waals surface area contributed by atoms with Crippen LogP contribution in [0.5, 0.6) is 0 Å². The summed E-state index contributed by atoms with van der Waals surface area (Å²) in [5.74, 6) is -2.02. The van der Waals surface area contributed by atoms with E-state index < -0.39 is 11.8 Å². The van der Waals surface area contributed by atoms with Gasteiger partial charge in [0.1, 0.15) is 11.6 Å². The molecule has 3 aromatic carbocycles. The summed E-state index contributed by atoms with van der Waals surface area (Å²) < 4.78 is 31.1. The average Bonchev–Trinajstić information content (AvgIpc) is 2.95. The highest BCUT2D eigenvalue weighted by Gasteiger charge is 2.23. The Morgan fingerprint density at radius 2 is 1.38 bits per heavy atom. The molecular weight excluding hydrogens is 494 g/mol. The first-order valence-electron chi connectivity index (χ1n) is 14.6. The van der Waals surface area contributed by atoms with Crippen LogP contribution in [0.15, 0.2) is 60.7 Å². The molecule has 5 heteroatoms. The summed E-state index contributed by atoms with van der Waals surface area (Å²) in [6.45, 7) is 4.60. The number of halogens is 2. The first-order chi connectivity index (χ1) is 19.1. The first kappa shape index (κ1) is 30.5. The third kappa shape index (κ3) is 9.28. The number of unbranched alkanes of at least 4 members (excludes halogenated alkanes) is 9. The Labute approximate surface area is 232 Å². The molecule has 0 aliphatic heterocycles. The quantitative estimate of drug-likeness (QED) is 0.0978. The van der Waals surface area contributed by atoms with E-state index in [0.29, 0.717) is 23.1 Å². The normalized spacial score (nSPS) is 11.1. The average molecular weight is 537 g/mol. The second kappa shape index (κ2) is 16.8. The van der Waals surface area contributed by atoms with Gasteiger partial charge in [0.05, 0.1) is 12.2 Å². The van der Waals surface area contributed by atoms with E-state index in [0.717, 1.165) is 50.5 Å². The van der Waals surface area contributed by atoms with Crippen molar-refractivity contribution in [3.05, 3.63) is 83.4 Å². The predicted molar refractivity (Wildman–Crippen MR) is 154 cm³/mol. The van der Waals surface area contributed by atoms with Crippen LogP contribution < -0.4 is 0 Å². The van der Waals surface area contributed by atoms with Gasteiger partial charge >= 0.3 is 5.97 Å². The Morgan fingerprint density at radius 3 is 2.08 bits per heavy atom. The molecule has 0 atom stereocenters. The van der Waals surface area contributed by atoms with Crippen molar-refractivity contribution in [3.63, 3.8) is 0 Å².